The second kappa shape index (κ2) is 8.44. The number of anilines is 1. The van der Waals surface area contributed by atoms with Crippen molar-refractivity contribution < 1.29 is 9.53 Å². The molecule has 0 aliphatic rings. The van der Waals surface area contributed by atoms with Gasteiger partial charge in [-0.3, -0.25) is 9.59 Å². The third kappa shape index (κ3) is 3.86. The summed E-state index contributed by atoms with van der Waals surface area (Å²) in [5, 5.41) is 9.47. The number of thiazole rings is 1. The molecule has 0 radical (unpaired) electrons. The van der Waals surface area contributed by atoms with Gasteiger partial charge < -0.3 is 15.0 Å². The van der Waals surface area contributed by atoms with E-state index in [1.54, 1.807) is 48.0 Å². The lowest BCUT2D eigenvalue weighted by molar-refractivity contribution is 0.102. The van der Waals surface area contributed by atoms with Gasteiger partial charge in [0.25, 0.3) is 11.5 Å². The number of benzene rings is 2. The standard InChI is InChI=1S/C22H16N6O3S/c29-21(14-4-3-5-16(8-14)31-10-15-11-32-13-25-15)27-18-6-1-2-7-19(18)28-20-17(9-26-28)22(30)24-12-23-20/h1-9,11-13H,10H2,(H,27,29)(H,23,24,30). The largest absolute Gasteiger partial charge is 0.487 e. The fourth-order valence-electron chi connectivity index (χ4n) is 3.18. The zero-order chi connectivity index (χ0) is 21.9. The summed E-state index contributed by atoms with van der Waals surface area (Å²) >= 11 is 1.50. The van der Waals surface area contributed by atoms with E-state index in [-0.39, 0.29) is 11.5 Å². The van der Waals surface area contributed by atoms with E-state index < -0.39 is 0 Å². The Hall–Kier alpha value is -4.31. The van der Waals surface area contributed by atoms with Gasteiger partial charge in [-0.05, 0) is 30.3 Å². The summed E-state index contributed by atoms with van der Waals surface area (Å²) in [5.74, 6) is 0.263. The van der Waals surface area contributed by atoms with Gasteiger partial charge >= 0.3 is 0 Å². The molecule has 5 aromatic rings. The number of hydrogen-bond acceptors (Lipinski definition) is 7. The van der Waals surface area contributed by atoms with Crippen molar-refractivity contribution in [3.05, 3.63) is 93.6 Å². The number of rotatable bonds is 6. The maximum atomic E-state index is 13.0. The molecule has 0 saturated heterocycles. The number of H-pyrrole nitrogens is 1. The number of hydrogen-bond donors (Lipinski definition) is 2. The fourth-order valence-corrected chi connectivity index (χ4v) is 3.73. The number of carbonyl (C=O) groups is 1. The topological polar surface area (TPSA) is 115 Å². The average molecular weight is 444 g/mol. The van der Waals surface area contributed by atoms with Gasteiger partial charge in [-0.25, -0.2) is 14.6 Å². The molecule has 0 fully saturated rings. The molecule has 0 unspecified atom stereocenters. The Morgan fingerprint density at radius 3 is 2.94 bits per heavy atom. The van der Waals surface area contributed by atoms with Crippen molar-refractivity contribution in [1.82, 2.24) is 24.7 Å². The Labute approximate surface area is 185 Å². The molecule has 9 nitrogen and oxygen atoms in total. The predicted octanol–water partition coefficient (Wildman–Crippen LogP) is 3.40. The van der Waals surface area contributed by atoms with Crippen LogP contribution in [0, 0.1) is 0 Å². The zero-order valence-electron chi connectivity index (χ0n) is 16.6. The third-order valence-electron chi connectivity index (χ3n) is 4.72. The lowest BCUT2D eigenvalue weighted by Gasteiger charge is -2.12. The second-order valence-electron chi connectivity index (χ2n) is 6.79. The minimum absolute atomic E-state index is 0.280. The quantitative estimate of drug-likeness (QED) is 0.415. The number of amides is 1. The molecule has 32 heavy (non-hydrogen) atoms. The molecule has 2 N–H and O–H groups in total. The smallest absolute Gasteiger partial charge is 0.261 e. The number of aromatic amines is 1. The summed E-state index contributed by atoms with van der Waals surface area (Å²) in [6.45, 7) is 0.329. The maximum absolute atomic E-state index is 13.0. The number of aromatic nitrogens is 5. The molecule has 0 saturated carbocycles. The van der Waals surface area contributed by atoms with Gasteiger partial charge in [0, 0.05) is 10.9 Å². The Bertz CT molecular complexity index is 1460. The summed E-state index contributed by atoms with van der Waals surface area (Å²) < 4.78 is 7.26. The van der Waals surface area contributed by atoms with E-state index in [0.717, 1.165) is 5.69 Å². The van der Waals surface area contributed by atoms with E-state index in [1.807, 2.05) is 11.4 Å². The predicted molar refractivity (Wildman–Crippen MR) is 120 cm³/mol. The molecule has 0 atom stereocenters. The Balaban J connectivity index is 1.40. The number of ether oxygens (including phenoxy) is 1. The minimum Gasteiger partial charge on any atom is -0.487 e. The number of nitrogens with one attached hydrogen (secondary N) is 2. The Kier molecular flexibility index (Phi) is 5.18. The molecular formula is C22H16N6O3S. The van der Waals surface area contributed by atoms with Gasteiger partial charge in [0.05, 0.1) is 35.1 Å². The van der Waals surface area contributed by atoms with Gasteiger partial charge in [-0.1, -0.05) is 18.2 Å². The number of carbonyl (C=O) groups excluding carboxylic acids is 1. The molecule has 1 amide bonds. The molecule has 3 aromatic heterocycles. The molecule has 0 aliphatic carbocycles. The molecule has 5 rings (SSSR count). The van der Waals surface area contributed by atoms with E-state index in [0.29, 0.717) is 40.3 Å². The van der Waals surface area contributed by atoms with E-state index in [9.17, 15) is 9.59 Å². The third-order valence-corrected chi connectivity index (χ3v) is 5.35. The Morgan fingerprint density at radius 2 is 2.06 bits per heavy atom. The van der Waals surface area contributed by atoms with Crippen LogP contribution in [-0.2, 0) is 6.61 Å². The summed E-state index contributed by atoms with van der Waals surface area (Å²) in [5.41, 5.74) is 4.25. The van der Waals surface area contributed by atoms with E-state index >= 15 is 0 Å². The van der Waals surface area contributed by atoms with Gasteiger partial charge in [0.1, 0.15) is 17.7 Å². The highest BCUT2D eigenvalue weighted by Gasteiger charge is 2.15. The molecule has 10 heteroatoms. The summed E-state index contributed by atoms with van der Waals surface area (Å²) in [4.78, 5) is 35.9. The fraction of sp³-hybridized carbons (Fsp3) is 0.0455. The molecule has 0 bridgehead atoms. The van der Waals surface area contributed by atoms with Crippen molar-refractivity contribution in [3.8, 4) is 11.4 Å². The number of nitrogens with zero attached hydrogens (tertiary/aromatic N) is 4. The first-order valence-electron chi connectivity index (χ1n) is 9.61. The Morgan fingerprint density at radius 1 is 1.16 bits per heavy atom. The second-order valence-corrected chi connectivity index (χ2v) is 7.51. The molecule has 3 heterocycles. The minimum atomic E-state index is -0.307. The van der Waals surface area contributed by atoms with Crippen molar-refractivity contribution >= 4 is 34.0 Å². The van der Waals surface area contributed by atoms with Gasteiger partial charge in [-0.15, -0.1) is 11.3 Å². The first-order valence-corrected chi connectivity index (χ1v) is 10.6. The average Bonchev–Trinajstić information content (AvgIpc) is 3.49. The van der Waals surface area contributed by atoms with Crippen LogP contribution in [0.25, 0.3) is 16.7 Å². The van der Waals surface area contributed by atoms with Crippen LogP contribution < -0.4 is 15.6 Å². The highest BCUT2D eigenvalue weighted by Crippen LogP contribution is 2.23. The van der Waals surface area contributed by atoms with Crippen LogP contribution in [0.5, 0.6) is 5.75 Å². The van der Waals surface area contributed by atoms with Crippen LogP contribution in [0.15, 0.2) is 76.7 Å². The summed E-state index contributed by atoms with van der Waals surface area (Å²) in [6.07, 6.45) is 2.77. The molecule has 0 spiro atoms. The van der Waals surface area contributed by atoms with Crippen LogP contribution in [0.2, 0.25) is 0 Å². The summed E-state index contributed by atoms with van der Waals surface area (Å²) in [7, 11) is 0. The van der Waals surface area contributed by atoms with Crippen LogP contribution in [0.3, 0.4) is 0 Å². The van der Waals surface area contributed by atoms with Crippen LogP contribution >= 0.6 is 11.3 Å². The van der Waals surface area contributed by atoms with Crippen molar-refractivity contribution in [2.75, 3.05) is 5.32 Å². The molecule has 2 aromatic carbocycles. The van der Waals surface area contributed by atoms with Crippen molar-refractivity contribution in [2.24, 2.45) is 0 Å². The molecule has 0 aliphatic heterocycles. The zero-order valence-corrected chi connectivity index (χ0v) is 17.4. The number of para-hydroxylation sites is 2. The van der Waals surface area contributed by atoms with Crippen LogP contribution in [0.1, 0.15) is 16.1 Å². The highest BCUT2D eigenvalue weighted by molar-refractivity contribution is 7.07. The van der Waals surface area contributed by atoms with Crippen molar-refractivity contribution in [2.45, 2.75) is 6.61 Å². The lowest BCUT2D eigenvalue weighted by Crippen LogP contribution is -2.14. The van der Waals surface area contributed by atoms with E-state index in [2.05, 4.69) is 25.4 Å². The van der Waals surface area contributed by atoms with Crippen LogP contribution in [0.4, 0.5) is 5.69 Å². The van der Waals surface area contributed by atoms with Crippen LogP contribution in [-0.4, -0.2) is 30.6 Å². The number of fused-ring (bicyclic) bond motifs is 1. The first kappa shape index (κ1) is 19.6. The summed E-state index contributed by atoms with van der Waals surface area (Å²) in [6, 6.07) is 14.1. The highest BCUT2D eigenvalue weighted by atomic mass is 32.1. The molecular weight excluding hydrogens is 428 g/mol. The maximum Gasteiger partial charge on any atom is 0.261 e. The monoisotopic (exact) mass is 444 g/mol. The molecule has 158 valence electrons. The first-order chi connectivity index (χ1) is 15.7. The van der Waals surface area contributed by atoms with Gasteiger partial charge in [-0.2, -0.15) is 5.10 Å². The van der Waals surface area contributed by atoms with E-state index in [4.69, 9.17) is 4.74 Å². The lowest BCUT2D eigenvalue weighted by atomic mass is 10.2. The van der Waals surface area contributed by atoms with Crippen molar-refractivity contribution in [1.29, 1.82) is 0 Å². The normalized spacial score (nSPS) is 10.9. The van der Waals surface area contributed by atoms with Gasteiger partial charge in [0.15, 0.2) is 5.65 Å². The van der Waals surface area contributed by atoms with Gasteiger partial charge in [0.2, 0.25) is 0 Å². The van der Waals surface area contributed by atoms with Crippen molar-refractivity contribution in [3.63, 3.8) is 0 Å². The SMILES string of the molecule is O=C(Nc1ccccc1-n1ncc2c(=O)[nH]cnc21)c1cccc(OCc2cscn2)c1. The van der Waals surface area contributed by atoms with E-state index in [1.165, 1.54) is 28.5 Å².